The lowest BCUT2D eigenvalue weighted by molar-refractivity contribution is 0.579. The molecule has 2 heterocycles. The summed E-state index contributed by atoms with van der Waals surface area (Å²) in [5.74, 6) is 1.64. The Morgan fingerprint density at radius 1 is 1.53 bits per heavy atom. The number of aromatic nitrogens is 2. The maximum absolute atomic E-state index is 5.71. The topological polar surface area (TPSA) is 55.0 Å². The van der Waals surface area contributed by atoms with Crippen LogP contribution in [0.1, 0.15) is 19.0 Å². The number of nitrogens with two attached hydrogens (primary N) is 1. The molecule has 2 N–H and O–H groups in total. The zero-order chi connectivity index (χ0) is 10.8. The van der Waals surface area contributed by atoms with Crippen LogP contribution in [-0.2, 0) is 0 Å². The van der Waals surface area contributed by atoms with Crippen molar-refractivity contribution in [2.75, 3.05) is 18.0 Å². The molecule has 0 aromatic carbocycles. The van der Waals surface area contributed by atoms with Crippen molar-refractivity contribution >= 4 is 5.82 Å². The van der Waals surface area contributed by atoms with E-state index in [1.165, 1.54) is 6.42 Å². The molecule has 15 heavy (non-hydrogen) atoms. The predicted octanol–water partition coefficient (Wildman–Crippen LogP) is 0.959. The van der Waals surface area contributed by atoms with Gasteiger partial charge in [-0.2, -0.15) is 0 Å². The monoisotopic (exact) mass is 206 g/mol. The maximum atomic E-state index is 5.71. The Balaban J connectivity index is 2.17. The van der Waals surface area contributed by atoms with Crippen molar-refractivity contribution in [3.63, 3.8) is 0 Å². The molecule has 4 nitrogen and oxygen atoms in total. The van der Waals surface area contributed by atoms with Crippen molar-refractivity contribution in [1.82, 2.24) is 9.97 Å². The lowest BCUT2D eigenvalue weighted by Gasteiger charge is -2.22. The number of anilines is 1. The second-order valence-electron chi connectivity index (χ2n) is 4.36. The minimum Gasteiger partial charge on any atom is -0.353 e. The molecule has 1 aromatic heterocycles. The first-order valence-electron chi connectivity index (χ1n) is 5.46. The third-order valence-corrected chi connectivity index (χ3v) is 3.08. The number of rotatable bonds is 2. The lowest BCUT2D eigenvalue weighted by Crippen LogP contribution is -2.28. The van der Waals surface area contributed by atoms with Crippen molar-refractivity contribution in [1.29, 1.82) is 0 Å². The third-order valence-electron chi connectivity index (χ3n) is 3.08. The van der Waals surface area contributed by atoms with E-state index in [0.717, 1.165) is 24.6 Å². The molecular formula is C11H18N4. The minimum absolute atomic E-state index is 0.535. The molecule has 1 fully saturated rings. The summed E-state index contributed by atoms with van der Waals surface area (Å²) in [5.41, 5.74) is 6.72. The summed E-state index contributed by atoms with van der Waals surface area (Å²) < 4.78 is 0. The van der Waals surface area contributed by atoms with Crippen LogP contribution in [0.4, 0.5) is 5.82 Å². The Morgan fingerprint density at radius 2 is 2.33 bits per heavy atom. The fourth-order valence-electron chi connectivity index (χ4n) is 2.23. The van der Waals surface area contributed by atoms with Gasteiger partial charge in [-0.1, -0.05) is 0 Å². The summed E-state index contributed by atoms with van der Waals surface area (Å²) in [6, 6.07) is 2.57. The molecule has 0 aliphatic carbocycles. The quantitative estimate of drug-likeness (QED) is 0.783. The summed E-state index contributed by atoms with van der Waals surface area (Å²) in [6.45, 7) is 6.01. The normalized spacial score (nSPS) is 25.9. The third kappa shape index (κ3) is 2.09. The van der Waals surface area contributed by atoms with E-state index in [4.69, 9.17) is 5.73 Å². The van der Waals surface area contributed by atoms with E-state index in [1.54, 1.807) is 6.33 Å². The maximum Gasteiger partial charge on any atom is 0.132 e. The van der Waals surface area contributed by atoms with Gasteiger partial charge in [0.1, 0.15) is 12.1 Å². The zero-order valence-electron chi connectivity index (χ0n) is 9.35. The van der Waals surface area contributed by atoms with Crippen molar-refractivity contribution in [2.45, 2.75) is 26.3 Å². The van der Waals surface area contributed by atoms with Crippen LogP contribution in [-0.4, -0.2) is 29.1 Å². The molecular weight excluding hydrogens is 188 g/mol. The molecule has 4 heteroatoms. The average molecular weight is 206 g/mol. The molecule has 1 aliphatic heterocycles. The number of hydrogen-bond acceptors (Lipinski definition) is 4. The highest BCUT2D eigenvalue weighted by atomic mass is 15.2. The van der Waals surface area contributed by atoms with E-state index in [9.17, 15) is 0 Å². The minimum atomic E-state index is 0.535. The van der Waals surface area contributed by atoms with Crippen LogP contribution in [0.25, 0.3) is 0 Å². The van der Waals surface area contributed by atoms with E-state index in [1.807, 2.05) is 13.0 Å². The Morgan fingerprint density at radius 3 is 2.93 bits per heavy atom. The Hall–Kier alpha value is -1.16. The van der Waals surface area contributed by atoms with Crippen molar-refractivity contribution < 1.29 is 0 Å². The van der Waals surface area contributed by atoms with Gasteiger partial charge in [0, 0.05) is 24.3 Å². The van der Waals surface area contributed by atoms with Gasteiger partial charge in [-0.25, -0.2) is 9.97 Å². The smallest absolute Gasteiger partial charge is 0.132 e. The van der Waals surface area contributed by atoms with Crippen LogP contribution >= 0.6 is 0 Å². The van der Waals surface area contributed by atoms with Gasteiger partial charge < -0.3 is 10.6 Å². The van der Waals surface area contributed by atoms with E-state index in [-0.39, 0.29) is 0 Å². The molecule has 0 bridgehead atoms. The molecule has 0 radical (unpaired) electrons. The van der Waals surface area contributed by atoms with E-state index >= 15 is 0 Å². The largest absolute Gasteiger partial charge is 0.353 e. The van der Waals surface area contributed by atoms with Crippen molar-refractivity contribution in [2.24, 2.45) is 11.7 Å². The summed E-state index contributed by atoms with van der Waals surface area (Å²) in [6.07, 6.45) is 2.80. The summed E-state index contributed by atoms with van der Waals surface area (Å²) >= 11 is 0. The Kier molecular flexibility index (Phi) is 2.86. The second kappa shape index (κ2) is 4.14. The zero-order valence-corrected chi connectivity index (χ0v) is 9.35. The number of aryl methyl sites for hydroxylation is 1. The molecule has 1 saturated heterocycles. The van der Waals surface area contributed by atoms with Gasteiger partial charge in [0.25, 0.3) is 0 Å². The van der Waals surface area contributed by atoms with Crippen LogP contribution < -0.4 is 10.6 Å². The van der Waals surface area contributed by atoms with Gasteiger partial charge in [-0.3, -0.25) is 0 Å². The average Bonchev–Trinajstić information content (AvgIpc) is 2.60. The Bertz CT molecular complexity index is 339. The van der Waals surface area contributed by atoms with Crippen molar-refractivity contribution in [3.8, 4) is 0 Å². The molecule has 1 aliphatic rings. The first-order chi connectivity index (χ1) is 7.20. The highest BCUT2D eigenvalue weighted by Crippen LogP contribution is 2.26. The van der Waals surface area contributed by atoms with Gasteiger partial charge in [-0.05, 0) is 32.7 Å². The van der Waals surface area contributed by atoms with Crippen LogP contribution in [0, 0.1) is 12.8 Å². The van der Waals surface area contributed by atoms with E-state index in [2.05, 4.69) is 21.8 Å². The van der Waals surface area contributed by atoms with Crippen molar-refractivity contribution in [3.05, 3.63) is 18.1 Å². The number of hydrogen-bond donors (Lipinski definition) is 1. The van der Waals surface area contributed by atoms with Crippen LogP contribution in [0.3, 0.4) is 0 Å². The fourth-order valence-corrected chi connectivity index (χ4v) is 2.23. The Labute approximate surface area is 90.5 Å². The first kappa shape index (κ1) is 10.4. The highest BCUT2D eigenvalue weighted by Gasteiger charge is 2.28. The summed E-state index contributed by atoms with van der Waals surface area (Å²) in [5, 5.41) is 0. The van der Waals surface area contributed by atoms with Gasteiger partial charge in [-0.15, -0.1) is 0 Å². The predicted molar refractivity (Wildman–Crippen MR) is 60.7 cm³/mol. The summed E-state index contributed by atoms with van der Waals surface area (Å²) in [4.78, 5) is 10.8. The fraction of sp³-hybridized carbons (Fsp3) is 0.636. The molecule has 1 aromatic rings. The van der Waals surface area contributed by atoms with Crippen LogP contribution in [0.5, 0.6) is 0 Å². The van der Waals surface area contributed by atoms with E-state index in [0.29, 0.717) is 12.0 Å². The molecule has 2 atom stereocenters. The van der Waals surface area contributed by atoms with Gasteiger partial charge in [0.15, 0.2) is 0 Å². The van der Waals surface area contributed by atoms with E-state index < -0.39 is 0 Å². The highest BCUT2D eigenvalue weighted by molar-refractivity contribution is 5.41. The number of nitrogens with zero attached hydrogens (tertiary/aromatic N) is 3. The molecule has 0 amide bonds. The van der Waals surface area contributed by atoms with Gasteiger partial charge >= 0.3 is 0 Å². The second-order valence-corrected chi connectivity index (χ2v) is 4.36. The molecule has 82 valence electrons. The molecule has 0 saturated carbocycles. The SMILES string of the molecule is Cc1cc(N2CC(CN)CC2C)ncn1. The van der Waals surface area contributed by atoms with Gasteiger partial charge in [0.2, 0.25) is 0 Å². The molecule has 2 unspecified atom stereocenters. The summed E-state index contributed by atoms with van der Waals surface area (Å²) in [7, 11) is 0. The van der Waals surface area contributed by atoms with Crippen LogP contribution in [0.15, 0.2) is 12.4 Å². The first-order valence-corrected chi connectivity index (χ1v) is 5.46. The van der Waals surface area contributed by atoms with Gasteiger partial charge in [0.05, 0.1) is 0 Å². The molecule has 0 spiro atoms. The lowest BCUT2D eigenvalue weighted by atomic mass is 10.1. The van der Waals surface area contributed by atoms with Crippen LogP contribution in [0.2, 0.25) is 0 Å². The standard InChI is InChI=1S/C11H18N4/c1-8-3-11(14-7-13-8)15-6-10(5-12)4-9(15)2/h3,7,9-10H,4-6,12H2,1-2H3. The molecule has 2 rings (SSSR count).